The monoisotopic (exact) mass is 247 g/mol. The van der Waals surface area contributed by atoms with E-state index in [0.717, 1.165) is 18.7 Å². The third kappa shape index (κ3) is 4.31. The van der Waals surface area contributed by atoms with Crippen LogP contribution in [0.5, 0.6) is 0 Å². The van der Waals surface area contributed by atoms with Crippen molar-refractivity contribution >= 4 is 23.2 Å². The normalized spacial score (nSPS) is 10.6. The van der Waals surface area contributed by atoms with Crippen molar-refractivity contribution in [3.05, 3.63) is 17.5 Å². The fourth-order valence-corrected chi connectivity index (χ4v) is 1.53. The van der Waals surface area contributed by atoms with Gasteiger partial charge in [0.1, 0.15) is 17.5 Å². The smallest absolute Gasteiger partial charge is 0.147 e. The van der Waals surface area contributed by atoms with E-state index in [1.54, 1.807) is 0 Å². The molecule has 0 saturated carbocycles. The second-order valence-corrected chi connectivity index (χ2v) is 3.84. The van der Waals surface area contributed by atoms with Crippen LogP contribution in [0.2, 0.25) is 0 Å². The third-order valence-corrected chi connectivity index (χ3v) is 2.50. The lowest BCUT2D eigenvalue weighted by Gasteiger charge is -2.03. The minimum atomic E-state index is 0.313. The summed E-state index contributed by atoms with van der Waals surface area (Å²) in [5, 5.41) is 0. The third-order valence-electron chi connectivity index (χ3n) is 2.02. The van der Waals surface area contributed by atoms with E-state index in [-0.39, 0.29) is 0 Å². The molecule has 3 nitrogen and oxygen atoms in total. The number of aromatic nitrogens is 3. The predicted octanol–water partition coefficient (Wildman–Crippen LogP) is 3.08. The summed E-state index contributed by atoms with van der Waals surface area (Å²) in [7, 11) is 0. The van der Waals surface area contributed by atoms with Gasteiger partial charge < -0.3 is 0 Å². The molecule has 0 saturated heterocycles. The highest BCUT2D eigenvalue weighted by Gasteiger charge is 2.04. The molecule has 1 aromatic rings. The predicted molar refractivity (Wildman–Crippen MR) is 62.2 cm³/mol. The molecule has 0 fully saturated rings. The molecule has 0 N–H and O–H groups in total. The van der Waals surface area contributed by atoms with Gasteiger partial charge in [-0.15, -0.1) is 23.2 Å². The summed E-state index contributed by atoms with van der Waals surface area (Å²) in [5.41, 5.74) is 0. The molecule has 0 radical (unpaired) electrons. The van der Waals surface area contributed by atoms with Crippen LogP contribution in [0.15, 0.2) is 0 Å². The van der Waals surface area contributed by atoms with Crippen molar-refractivity contribution in [1.82, 2.24) is 15.0 Å². The Morgan fingerprint density at radius 3 is 1.87 bits per heavy atom. The Bertz CT molecular complexity index is 282. The van der Waals surface area contributed by atoms with Gasteiger partial charge in [-0.2, -0.15) is 0 Å². The molecule has 0 amide bonds. The maximum atomic E-state index is 5.69. The van der Waals surface area contributed by atoms with Crippen LogP contribution in [0.1, 0.15) is 43.7 Å². The number of alkyl halides is 2. The average molecular weight is 248 g/mol. The Hall–Kier alpha value is -0.410. The molecule has 15 heavy (non-hydrogen) atoms. The molecule has 0 aliphatic rings. The fraction of sp³-hybridized carbons (Fsp3) is 0.700. The molecule has 0 bridgehead atoms. The summed E-state index contributed by atoms with van der Waals surface area (Å²) in [5.74, 6) is 2.67. The molecule has 0 aromatic carbocycles. The van der Waals surface area contributed by atoms with Crippen molar-refractivity contribution in [2.75, 3.05) is 0 Å². The van der Waals surface area contributed by atoms with E-state index in [4.69, 9.17) is 23.2 Å². The van der Waals surface area contributed by atoms with Gasteiger partial charge in [-0.3, -0.25) is 0 Å². The van der Waals surface area contributed by atoms with Crippen LogP contribution in [0.25, 0.3) is 0 Å². The number of unbranched alkanes of at least 4 members (excludes halogenated alkanes) is 2. The largest absolute Gasteiger partial charge is 0.217 e. The first-order valence-corrected chi connectivity index (χ1v) is 6.21. The molecule has 1 aromatic heterocycles. The minimum Gasteiger partial charge on any atom is -0.217 e. The first kappa shape index (κ1) is 12.7. The van der Waals surface area contributed by atoms with Crippen molar-refractivity contribution in [2.24, 2.45) is 0 Å². The highest BCUT2D eigenvalue weighted by molar-refractivity contribution is 6.17. The fourth-order valence-electron chi connectivity index (χ4n) is 1.29. The maximum Gasteiger partial charge on any atom is 0.147 e. The number of aryl methyl sites for hydroxylation is 1. The van der Waals surface area contributed by atoms with E-state index in [1.807, 2.05) is 0 Å². The number of nitrogens with zero attached hydrogens (tertiary/aromatic N) is 3. The van der Waals surface area contributed by atoms with Gasteiger partial charge in [0.15, 0.2) is 0 Å². The maximum absolute atomic E-state index is 5.69. The summed E-state index contributed by atoms with van der Waals surface area (Å²) >= 11 is 11.4. The van der Waals surface area contributed by atoms with Gasteiger partial charge in [0, 0.05) is 6.42 Å². The molecule has 84 valence electrons. The molecule has 0 aliphatic heterocycles. The van der Waals surface area contributed by atoms with E-state index in [9.17, 15) is 0 Å². The minimum absolute atomic E-state index is 0.313. The summed E-state index contributed by atoms with van der Waals surface area (Å²) in [6.45, 7) is 2.17. The molecule has 1 rings (SSSR count). The summed E-state index contributed by atoms with van der Waals surface area (Å²) in [4.78, 5) is 12.6. The molecule has 0 atom stereocenters. The second kappa shape index (κ2) is 6.96. The van der Waals surface area contributed by atoms with Crippen LogP contribution in [0.3, 0.4) is 0 Å². The van der Waals surface area contributed by atoms with Crippen molar-refractivity contribution < 1.29 is 0 Å². The summed E-state index contributed by atoms with van der Waals surface area (Å²) in [6.07, 6.45) is 4.36. The van der Waals surface area contributed by atoms with Crippen molar-refractivity contribution in [1.29, 1.82) is 0 Å². The number of hydrogen-bond donors (Lipinski definition) is 0. The van der Waals surface area contributed by atoms with Crippen LogP contribution >= 0.6 is 23.2 Å². The van der Waals surface area contributed by atoms with Gasteiger partial charge in [0.05, 0.1) is 11.8 Å². The van der Waals surface area contributed by atoms with Gasteiger partial charge in [-0.1, -0.05) is 19.8 Å². The van der Waals surface area contributed by atoms with Crippen molar-refractivity contribution in [3.8, 4) is 0 Å². The van der Waals surface area contributed by atoms with Gasteiger partial charge in [-0.25, -0.2) is 15.0 Å². The zero-order valence-corrected chi connectivity index (χ0v) is 10.4. The Morgan fingerprint density at radius 1 is 0.867 bits per heavy atom. The topological polar surface area (TPSA) is 38.7 Å². The molecule has 0 spiro atoms. The van der Waals surface area contributed by atoms with Crippen LogP contribution < -0.4 is 0 Å². The van der Waals surface area contributed by atoms with Crippen LogP contribution in [-0.2, 0) is 18.2 Å². The summed E-state index contributed by atoms with van der Waals surface area (Å²) < 4.78 is 0. The molecule has 0 aliphatic carbocycles. The SMILES string of the molecule is CCCCCc1nc(CCl)nc(CCl)n1. The second-order valence-electron chi connectivity index (χ2n) is 3.31. The lowest BCUT2D eigenvalue weighted by atomic mass is 10.2. The first-order chi connectivity index (χ1) is 7.30. The number of hydrogen-bond acceptors (Lipinski definition) is 3. The van der Waals surface area contributed by atoms with E-state index >= 15 is 0 Å². The van der Waals surface area contributed by atoms with Gasteiger partial charge in [0.2, 0.25) is 0 Å². The Balaban J connectivity index is 2.68. The Labute approximate surface area is 100 Å². The van der Waals surface area contributed by atoms with Crippen LogP contribution in [0, 0.1) is 0 Å². The molecular formula is C10H15Cl2N3. The zero-order valence-electron chi connectivity index (χ0n) is 8.84. The summed E-state index contributed by atoms with van der Waals surface area (Å²) in [6, 6.07) is 0. The highest BCUT2D eigenvalue weighted by Crippen LogP contribution is 2.06. The molecule has 1 heterocycles. The lowest BCUT2D eigenvalue weighted by molar-refractivity contribution is 0.679. The number of rotatable bonds is 6. The van der Waals surface area contributed by atoms with E-state index in [2.05, 4.69) is 21.9 Å². The first-order valence-electron chi connectivity index (χ1n) is 5.14. The Kier molecular flexibility index (Phi) is 5.88. The van der Waals surface area contributed by atoms with E-state index in [0.29, 0.717) is 23.4 Å². The van der Waals surface area contributed by atoms with Crippen molar-refractivity contribution in [2.45, 2.75) is 44.4 Å². The highest BCUT2D eigenvalue weighted by atomic mass is 35.5. The molecule has 0 unspecified atom stereocenters. The molecule has 5 heteroatoms. The standard InChI is InChI=1S/C10H15Cl2N3/c1-2-3-4-5-8-13-9(6-11)15-10(7-12)14-8/h2-7H2,1H3. The van der Waals surface area contributed by atoms with E-state index in [1.165, 1.54) is 12.8 Å². The van der Waals surface area contributed by atoms with Gasteiger partial charge in [0.25, 0.3) is 0 Å². The quantitative estimate of drug-likeness (QED) is 0.573. The lowest BCUT2D eigenvalue weighted by Crippen LogP contribution is -2.05. The van der Waals surface area contributed by atoms with Gasteiger partial charge >= 0.3 is 0 Å². The van der Waals surface area contributed by atoms with Crippen LogP contribution in [0.4, 0.5) is 0 Å². The average Bonchev–Trinajstić information content (AvgIpc) is 2.29. The van der Waals surface area contributed by atoms with Crippen molar-refractivity contribution in [3.63, 3.8) is 0 Å². The van der Waals surface area contributed by atoms with Crippen LogP contribution in [-0.4, -0.2) is 15.0 Å². The molecular weight excluding hydrogens is 233 g/mol. The Morgan fingerprint density at radius 2 is 1.40 bits per heavy atom. The zero-order chi connectivity index (χ0) is 11.1. The van der Waals surface area contributed by atoms with Gasteiger partial charge in [-0.05, 0) is 6.42 Å². The van der Waals surface area contributed by atoms with E-state index < -0.39 is 0 Å². The number of halogens is 2.